The second kappa shape index (κ2) is 10.9. The van der Waals surface area contributed by atoms with Crippen molar-refractivity contribution in [3.8, 4) is 0 Å². The third-order valence-corrected chi connectivity index (χ3v) is 6.77. The SMILES string of the molecule is O=C(Cc1ccccc1)Cc1cc(C(=O)CC2=NC=CC2)c2nc(NC(=O)c3cc4ccccc4cn3)[nH]c2c1. The number of hydrogen-bond acceptors (Lipinski definition) is 6. The summed E-state index contributed by atoms with van der Waals surface area (Å²) in [6, 6.07) is 22.5. The molecular weight excluding hydrogens is 502 g/mol. The van der Waals surface area contributed by atoms with Crippen LogP contribution in [0.1, 0.15) is 44.8 Å². The van der Waals surface area contributed by atoms with Crippen LogP contribution in [0.4, 0.5) is 5.95 Å². The number of allylic oxidation sites excluding steroid dienone is 1. The first-order valence-electron chi connectivity index (χ1n) is 13.0. The van der Waals surface area contributed by atoms with Gasteiger partial charge in [0.25, 0.3) is 5.91 Å². The Balaban J connectivity index is 1.29. The van der Waals surface area contributed by atoms with Crippen molar-refractivity contribution in [2.24, 2.45) is 4.99 Å². The topological polar surface area (TPSA) is 117 Å². The molecule has 0 saturated heterocycles. The second-order valence-electron chi connectivity index (χ2n) is 9.76. The summed E-state index contributed by atoms with van der Waals surface area (Å²) in [6.07, 6.45) is 6.49. The fourth-order valence-electron chi connectivity index (χ4n) is 4.84. The molecule has 8 nitrogen and oxygen atoms in total. The van der Waals surface area contributed by atoms with Gasteiger partial charge in [-0.1, -0.05) is 60.7 Å². The number of fused-ring (bicyclic) bond motifs is 2. The lowest BCUT2D eigenvalue weighted by atomic mass is 9.97. The van der Waals surface area contributed by atoms with Gasteiger partial charge in [-0.05, 0) is 34.7 Å². The van der Waals surface area contributed by atoms with Crippen molar-refractivity contribution in [2.75, 3.05) is 5.32 Å². The fraction of sp³-hybridized carbons (Fsp3) is 0.125. The Morgan fingerprint density at radius 3 is 2.42 bits per heavy atom. The molecule has 2 N–H and O–H groups in total. The number of hydrogen-bond donors (Lipinski definition) is 2. The molecule has 3 aromatic carbocycles. The van der Waals surface area contributed by atoms with Crippen LogP contribution in [-0.4, -0.2) is 38.1 Å². The lowest BCUT2D eigenvalue weighted by Gasteiger charge is -2.07. The highest BCUT2D eigenvalue weighted by Gasteiger charge is 2.20. The number of Topliss-reactive ketones (excluding diaryl/α,β-unsaturated/α-hetero) is 2. The Morgan fingerprint density at radius 2 is 1.62 bits per heavy atom. The van der Waals surface area contributed by atoms with Gasteiger partial charge in [-0.2, -0.15) is 0 Å². The Labute approximate surface area is 229 Å². The summed E-state index contributed by atoms with van der Waals surface area (Å²) in [5.41, 5.74) is 4.02. The predicted octanol–water partition coefficient (Wildman–Crippen LogP) is 5.65. The monoisotopic (exact) mass is 527 g/mol. The standard InChI is InChI=1S/C32H25N5O3/c38-25(13-20-7-2-1-3-8-20)14-21-15-26(29(39)18-24-11-6-12-33-24)30-27(16-21)35-32(36-30)37-31(40)28-17-22-9-4-5-10-23(22)19-34-28/h1-10,12,15-17,19H,11,13-14,18H2,(H2,35,36,37,40). The van der Waals surface area contributed by atoms with Crippen molar-refractivity contribution in [3.63, 3.8) is 0 Å². The number of pyridine rings is 1. The van der Waals surface area contributed by atoms with Crippen molar-refractivity contribution in [1.29, 1.82) is 0 Å². The number of ketones is 2. The highest BCUT2D eigenvalue weighted by atomic mass is 16.2. The van der Waals surface area contributed by atoms with E-state index >= 15 is 0 Å². The first-order chi connectivity index (χ1) is 19.5. The van der Waals surface area contributed by atoms with Crippen molar-refractivity contribution >= 4 is 50.9 Å². The Kier molecular flexibility index (Phi) is 6.80. The molecule has 1 aliphatic heterocycles. The molecule has 8 heteroatoms. The highest BCUT2D eigenvalue weighted by molar-refractivity contribution is 6.16. The van der Waals surface area contributed by atoms with Crippen LogP contribution in [0.25, 0.3) is 21.8 Å². The number of carbonyl (C=O) groups excluding carboxylic acids is 3. The third kappa shape index (κ3) is 5.47. The minimum absolute atomic E-state index is 0.0312. The van der Waals surface area contributed by atoms with Gasteiger partial charge in [0.05, 0.1) is 5.52 Å². The van der Waals surface area contributed by atoms with Crippen molar-refractivity contribution in [2.45, 2.75) is 25.7 Å². The second-order valence-corrected chi connectivity index (χ2v) is 9.76. The van der Waals surface area contributed by atoms with Crippen LogP contribution in [0.5, 0.6) is 0 Å². The largest absolute Gasteiger partial charge is 0.324 e. The molecule has 40 heavy (non-hydrogen) atoms. The molecule has 0 bridgehead atoms. The maximum absolute atomic E-state index is 13.4. The van der Waals surface area contributed by atoms with E-state index in [2.05, 4.69) is 25.3 Å². The summed E-state index contributed by atoms with van der Waals surface area (Å²) in [6.45, 7) is 0. The van der Waals surface area contributed by atoms with Crippen LogP contribution in [0.15, 0.2) is 96.3 Å². The third-order valence-electron chi connectivity index (χ3n) is 6.77. The van der Waals surface area contributed by atoms with Crippen molar-refractivity contribution in [1.82, 2.24) is 15.0 Å². The molecule has 5 aromatic rings. The highest BCUT2D eigenvalue weighted by Crippen LogP contribution is 2.25. The van der Waals surface area contributed by atoms with E-state index in [9.17, 15) is 14.4 Å². The maximum Gasteiger partial charge on any atom is 0.276 e. The van der Waals surface area contributed by atoms with Crippen LogP contribution in [0, 0.1) is 0 Å². The number of aromatic nitrogens is 3. The minimum Gasteiger partial charge on any atom is -0.324 e. The summed E-state index contributed by atoms with van der Waals surface area (Å²) in [4.78, 5) is 55.5. The summed E-state index contributed by atoms with van der Waals surface area (Å²) < 4.78 is 0. The molecule has 0 saturated carbocycles. The Morgan fingerprint density at radius 1 is 0.850 bits per heavy atom. The molecule has 0 atom stereocenters. The maximum atomic E-state index is 13.4. The first kappa shape index (κ1) is 25.1. The van der Waals surface area contributed by atoms with Gasteiger partial charge in [-0.3, -0.25) is 29.7 Å². The number of imidazole rings is 1. The number of H-pyrrole nitrogens is 1. The van der Waals surface area contributed by atoms with Crippen LogP contribution in [0.3, 0.4) is 0 Å². The Bertz CT molecular complexity index is 1840. The number of aromatic amines is 1. The number of rotatable bonds is 9. The zero-order valence-electron chi connectivity index (χ0n) is 21.6. The molecule has 2 aromatic heterocycles. The van der Waals surface area contributed by atoms with Gasteiger partial charge in [0, 0.05) is 54.7 Å². The lowest BCUT2D eigenvalue weighted by molar-refractivity contribution is -0.117. The summed E-state index contributed by atoms with van der Waals surface area (Å²) in [7, 11) is 0. The fourth-order valence-corrected chi connectivity index (χ4v) is 4.84. The average Bonchev–Trinajstić information content (AvgIpc) is 3.62. The molecule has 1 amide bonds. The molecule has 0 spiro atoms. The quantitative estimate of drug-likeness (QED) is 0.240. The number of nitrogens with zero attached hydrogens (tertiary/aromatic N) is 3. The molecule has 0 unspecified atom stereocenters. The molecule has 6 rings (SSSR count). The molecule has 196 valence electrons. The number of carbonyl (C=O) groups is 3. The van der Waals surface area contributed by atoms with E-state index in [0.29, 0.717) is 35.0 Å². The van der Waals surface area contributed by atoms with Crippen molar-refractivity contribution < 1.29 is 14.4 Å². The summed E-state index contributed by atoms with van der Waals surface area (Å²) >= 11 is 0. The van der Waals surface area contributed by atoms with Crippen molar-refractivity contribution in [3.05, 3.63) is 114 Å². The smallest absolute Gasteiger partial charge is 0.276 e. The van der Waals surface area contributed by atoms with Crippen LogP contribution in [0.2, 0.25) is 0 Å². The van der Waals surface area contributed by atoms with E-state index in [1.165, 1.54) is 0 Å². The Hall–Kier alpha value is -5.24. The van der Waals surface area contributed by atoms with Crippen LogP contribution < -0.4 is 5.32 Å². The van der Waals surface area contributed by atoms with E-state index in [1.54, 1.807) is 30.6 Å². The van der Waals surface area contributed by atoms with Gasteiger partial charge < -0.3 is 4.98 Å². The lowest BCUT2D eigenvalue weighted by Crippen LogP contribution is -2.14. The first-order valence-corrected chi connectivity index (χ1v) is 13.0. The molecule has 0 radical (unpaired) electrons. The van der Waals surface area contributed by atoms with Crippen LogP contribution >= 0.6 is 0 Å². The molecule has 1 aliphatic rings. The zero-order valence-corrected chi connectivity index (χ0v) is 21.6. The number of aliphatic imine (C=N–C) groups is 1. The van der Waals surface area contributed by atoms with Gasteiger partial charge in [0.2, 0.25) is 5.95 Å². The zero-order chi connectivity index (χ0) is 27.5. The van der Waals surface area contributed by atoms with E-state index < -0.39 is 5.91 Å². The average molecular weight is 528 g/mol. The van der Waals surface area contributed by atoms with Gasteiger partial charge in [0.15, 0.2) is 5.78 Å². The van der Waals surface area contributed by atoms with Gasteiger partial charge in [-0.15, -0.1) is 0 Å². The normalized spacial score (nSPS) is 12.6. The molecule has 3 heterocycles. The molecule has 0 aliphatic carbocycles. The van der Waals surface area contributed by atoms with Gasteiger partial charge >= 0.3 is 0 Å². The van der Waals surface area contributed by atoms with Gasteiger partial charge in [-0.25, -0.2) is 4.98 Å². The number of anilines is 1. The predicted molar refractivity (Wildman–Crippen MR) is 155 cm³/mol. The number of benzene rings is 3. The summed E-state index contributed by atoms with van der Waals surface area (Å²) in [5, 5.41) is 4.59. The minimum atomic E-state index is -0.428. The van der Waals surface area contributed by atoms with E-state index in [-0.39, 0.29) is 36.1 Å². The van der Waals surface area contributed by atoms with E-state index in [0.717, 1.165) is 22.0 Å². The van der Waals surface area contributed by atoms with E-state index in [1.807, 2.05) is 60.7 Å². The van der Waals surface area contributed by atoms with E-state index in [4.69, 9.17) is 0 Å². The number of nitrogens with one attached hydrogen (secondary N) is 2. The molecular formula is C32H25N5O3. The van der Waals surface area contributed by atoms with Crippen LogP contribution in [-0.2, 0) is 17.6 Å². The molecule has 0 fully saturated rings. The number of amides is 1. The van der Waals surface area contributed by atoms with Gasteiger partial charge in [0.1, 0.15) is 17.0 Å². The summed E-state index contributed by atoms with van der Waals surface area (Å²) in [5.74, 6) is -0.354.